The summed E-state index contributed by atoms with van der Waals surface area (Å²) in [6.45, 7) is 1.51. The molecule has 1 atom stereocenters. The van der Waals surface area contributed by atoms with E-state index in [1.807, 2.05) is 48.5 Å². The Morgan fingerprint density at radius 2 is 1.97 bits per heavy atom. The topological polar surface area (TPSA) is 115 Å². The van der Waals surface area contributed by atoms with Crippen molar-refractivity contribution in [3.63, 3.8) is 0 Å². The van der Waals surface area contributed by atoms with Crippen LogP contribution < -0.4 is 10.1 Å². The molecule has 1 unspecified atom stereocenters. The molecule has 0 aliphatic carbocycles. The molecule has 5 aromatic rings. The van der Waals surface area contributed by atoms with Crippen LogP contribution in [-0.4, -0.2) is 49.0 Å². The fourth-order valence-corrected chi connectivity index (χ4v) is 4.77. The van der Waals surface area contributed by atoms with Gasteiger partial charge in [0.2, 0.25) is 0 Å². The third kappa shape index (κ3) is 4.80. The normalized spacial score (nSPS) is 13.7. The summed E-state index contributed by atoms with van der Waals surface area (Å²) in [7, 11) is 0. The van der Waals surface area contributed by atoms with Crippen LogP contribution in [0.1, 0.15) is 36.0 Å². The van der Waals surface area contributed by atoms with E-state index in [-0.39, 0.29) is 6.42 Å². The van der Waals surface area contributed by atoms with Crippen LogP contribution in [0, 0.1) is 0 Å². The molecule has 1 aliphatic rings. The van der Waals surface area contributed by atoms with Crippen LogP contribution >= 0.6 is 0 Å². The Morgan fingerprint density at radius 3 is 2.86 bits per heavy atom. The lowest BCUT2D eigenvalue weighted by molar-refractivity contribution is -0.137. The minimum Gasteiger partial charge on any atom is -0.493 e. The van der Waals surface area contributed by atoms with Crippen LogP contribution in [0.2, 0.25) is 0 Å². The summed E-state index contributed by atoms with van der Waals surface area (Å²) in [5.74, 6) is -0.206. The van der Waals surface area contributed by atoms with Crippen molar-refractivity contribution in [2.24, 2.45) is 0 Å². The Morgan fingerprint density at radius 1 is 1.08 bits per heavy atom. The van der Waals surface area contributed by atoms with Gasteiger partial charge in [-0.1, -0.05) is 12.1 Å². The third-order valence-electron chi connectivity index (χ3n) is 6.60. The molecular formula is C28H26N6O3. The maximum Gasteiger partial charge on any atom is 0.305 e. The molecule has 0 fully saturated rings. The summed E-state index contributed by atoms with van der Waals surface area (Å²) >= 11 is 0. The predicted molar refractivity (Wildman–Crippen MR) is 140 cm³/mol. The summed E-state index contributed by atoms with van der Waals surface area (Å²) in [4.78, 5) is 25.7. The standard InChI is InChI=1S/C28H26N6O3/c35-28(36)15-27(25-17-30-21-4-1-2-5-24(21)33-25)34-26-10-8-20(14-18(26)16-31-34)37-13-11-19-7-9-22-23(32-19)6-3-12-29-22/h1-2,4-5,7-10,14,16-17,27,29H,3,6,11-13,15H2,(H,35,36). The highest BCUT2D eigenvalue weighted by molar-refractivity contribution is 5.81. The van der Waals surface area contributed by atoms with Gasteiger partial charge >= 0.3 is 5.97 Å². The molecule has 2 N–H and O–H groups in total. The third-order valence-corrected chi connectivity index (χ3v) is 6.60. The van der Waals surface area contributed by atoms with E-state index in [2.05, 4.69) is 26.4 Å². The van der Waals surface area contributed by atoms with Crippen molar-refractivity contribution in [1.82, 2.24) is 24.7 Å². The fraction of sp³-hybridized carbons (Fsp3) is 0.250. The molecule has 37 heavy (non-hydrogen) atoms. The maximum absolute atomic E-state index is 11.7. The lowest BCUT2D eigenvalue weighted by Crippen LogP contribution is -2.18. The Hall–Kier alpha value is -4.53. The summed E-state index contributed by atoms with van der Waals surface area (Å²) in [5.41, 5.74) is 6.11. The van der Waals surface area contributed by atoms with Gasteiger partial charge in [-0.3, -0.25) is 19.4 Å². The average molecular weight is 495 g/mol. The second kappa shape index (κ2) is 9.85. The van der Waals surface area contributed by atoms with Gasteiger partial charge in [0.05, 0.1) is 59.0 Å². The molecule has 4 heterocycles. The van der Waals surface area contributed by atoms with Crippen molar-refractivity contribution in [3.8, 4) is 5.75 Å². The monoisotopic (exact) mass is 494 g/mol. The molecule has 9 heteroatoms. The summed E-state index contributed by atoms with van der Waals surface area (Å²) in [6.07, 6.45) is 6.02. The van der Waals surface area contributed by atoms with Crippen LogP contribution in [0.25, 0.3) is 21.9 Å². The summed E-state index contributed by atoms with van der Waals surface area (Å²) in [5, 5.41) is 18.4. The largest absolute Gasteiger partial charge is 0.493 e. The SMILES string of the molecule is O=C(O)CC(c1cnc2ccccc2n1)n1ncc2cc(OCCc3ccc4c(n3)CCCN4)ccc21. The summed E-state index contributed by atoms with van der Waals surface area (Å²) < 4.78 is 7.73. The highest BCUT2D eigenvalue weighted by Crippen LogP contribution is 2.28. The second-order valence-corrected chi connectivity index (χ2v) is 9.13. The number of ether oxygens (including phenoxy) is 1. The number of carbonyl (C=O) groups is 1. The van der Waals surface area contributed by atoms with E-state index >= 15 is 0 Å². The van der Waals surface area contributed by atoms with Crippen molar-refractivity contribution in [3.05, 3.63) is 84.1 Å². The lowest BCUT2D eigenvalue weighted by Gasteiger charge is -2.17. The van der Waals surface area contributed by atoms with Gasteiger partial charge in [0.25, 0.3) is 0 Å². The molecule has 0 spiro atoms. The first kappa shape index (κ1) is 22.9. The van der Waals surface area contributed by atoms with E-state index in [1.165, 1.54) is 0 Å². The number of nitrogens with one attached hydrogen (secondary N) is 1. The first-order chi connectivity index (χ1) is 18.1. The van der Waals surface area contributed by atoms with Crippen LogP contribution in [0.4, 0.5) is 5.69 Å². The molecule has 6 rings (SSSR count). The molecule has 0 amide bonds. The van der Waals surface area contributed by atoms with Gasteiger partial charge in [-0.25, -0.2) is 4.98 Å². The number of hydrogen-bond acceptors (Lipinski definition) is 7. The van der Waals surface area contributed by atoms with Gasteiger partial charge in [0, 0.05) is 24.0 Å². The number of aliphatic carboxylic acids is 1. The number of fused-ring (bicyclic) bond motifs is 3. The lowest BCUT2D eigenvalue weighted by atomic mass is 10.1. The number of benzene rings is 2. The zero-order valence-electron chi connectivity index (χ0n) is 20.2. The number of carboxylic acid groups (broad SMARTS) is 1. The van der Waals surface area contributed by atoms with Crippen molar-refractivity contribution in [2.75, 3.05) is 18.5 Å². The van der Waals surface area contributed by atoms with Crippen molar-refractivity contribution < 1.29 is 14.6 Å². The predicted octanol–water partition coefficient (Wildman–Crippen LogP) is 4.42. The molecule has 9 nitrogen and oxygen atoms in total. The van der Waals surface area contributed by atoms with Crippen LogP contribution in [-0.2, 0) is 17.6 Å². The van der Waals surface area contributed by atoms with Crippen LogP contribution in [0.15, 0.2) is 67.0 Å². The molecule has 2 aromatic carbocycles. The Kier molecular flexibility index (Phi) is 6.10. The number of rotatable bonds is 8. The number of nitrogens with zero attached hydrogens (tertiary/aromatic N) is 5. The number of aromatic nitrogens is 5. The number of hydrogen-bond donors (Lipinski definition) is 2. The van der Waals surface area contributed by atoms with Crippen LogP contribution in [0.3, 0.4) is 0 Å². The molecule has 0 saturated heterocycles. The van der Waals surface area contributed by atoms with Crippen molar-refractivity contribution >= 4 is 33.6 Å². The number of anilines is 1. The number of carboxylic acids is 1. The van der Waals surface area contributed by atoms with E-state index in [1.54, 1.807) is 17.1 Å². The number of aryl methyl sites for hydroxylation is 1. The van der Waals surface area contributed by atoms with Crippen molar-refractivity contribution in [1.29, 1.82) is 0 Å². The van der Waals surface area contributed by atoms with E-state index in [4.69, 9.17) is 9.72 Å². The van der Waals surface area contributed by atoms with Gasteiger partial charge in [-0.15, -0.1) is 0 Å². The van der Waals surface area contributed by atoms with E-state index < -0.39 is 12.0 Å². The summed E-state index contributed by atoms with van der Waals surface area (Å²) in [6, 6.07) is 16.8. The molecule has 0 saturated carbocycles. The van der Waals surface area contributed by atoms with E-state index in [9.17, 15) is 9.90 Å². The average Bonchev–Trinajstić information content (AvgIpc) is 3.34. The first-order valence-electron chi connectivity index (χ1n) is 12.4. The van der Waals surface area contributed by atoms with Gasteiger partial charge < -0.3 is 15.2 Å². The van der Waals surface area contributed by atoms with Crippen molar-refractivity contribution in [2.45, 2.75) is 31.7 Å². The van der Waals surface area contributed by atoms with Gasteiger partial charge in [0.15, 0.2) is 0 Å². The Bertz CT molecular complexity index is 1600. The van der Waals surface area contributed by atoms with Crippen LogP contribution in [0.5, 0.6) is 5.75 Å². The van der Waals surface area contributed by atoms with E-state index in [0.29, 0.717) is 24.2 Å². The number of pyridine rings is 1. The minimum atomic E-state index is -0.935. The molecule has 186 valence electrons. The fourth-order valence-electron chi connectivity index (χ4n) is 4.77. The van der Waals surface area contributed by atoms with Gasteiger partial charge in [-0.05, 0) is 55.3 Å². The Labute approximate surface area is 213 Å². The van der Waals surface area contributed by atoms with Gasteiger partial charge in [-0.2, -0.15) is 5.10 Å². The second-order valence-electron chi connectivity index (χ2n) is 9.13. The minimum absolute atomic E-state index is 0.161. The molecule has 0 bridgehead atoms. The molecule has 0 radical (unpaired) electrons. The zero-order chi connectivity index (χ0) is 25.2. The number of para-hydroxylation sites is 2. The van der Waals surface area contributed by atoms with Gasteiger partial charge in [0.1, 0.15) is 11.8 Å². The Balaban J connectivity index is 1.21. The zero-order valence-corrected chi connectivity index (χ0v) is 20.2. The maximum atomic E-state index is 11.7. The van der Waals surface area contributed by atoms with E-state index in [0.717, 1.165) is 58.6 Å². The smallest absolute Gasteiger partial charge is 0.305 e. The molecule has 1 aliphatic heterocycles. The molecule has 3 aromatic heterocycles. The first-order valence-corrected chi connectivity index (χ1v) is 12.4. The molecular weight excluding hydrogens is 468 g/mol. The highest BCUT2D eigenvalue weighted by atomic mass is 16.5. The quantitative estimate of drug-likeness (QED) is 0.326. The highest BCUT2D eigenvalue weighted by Gasteiger charge is 2.23.